The average Bonchev–Trinajstić information content (AvgIpc) is 3.53. The first-order chi connectivity index (χ1) is 23.8. The van der Waals surface area contributed by atoms with E-state index in [1.807, 2.05) is 19.9 Å². The maximum absolute atomic E-state index is 13.8. The number of amides is 1. The summed E-state index contributed by atoms with van der Waals surface area (Å²) >= 11 is 12.5. The van der Waals surface area contributed by atoms with Crippen molar-refractivity contribution in [3.63, 3.8) is 0 Å². The van der Waals surface area contributed by atoms with E-state index < -0.39 is 32.5 Å². The minimum Gasteiger partial charge on any atom is -0.459 e. The van der Waals surface area contributed by atoms with Gasteiger partial charge in [0.2, 0.25) is 20.0 Å². The van der Waals surface area contributed by atoms with Crippen molar-refractivity contribution in [2.24, 2.45) is 5.10 Å². The van der Waals surface area contributed by atoms with E-state index in [2.05, 4.69) is 10.5 Å². The van der Waals surface area contributed by atoms with E-state index in [1.54, 1.807) is 78.9 Å². The number of carbonyl (C=O) groups excluding carboxylic acids is 1. The number of furan rings is 1. The Morgan fingerprint density at radius 3 is 1.94 bits per heavy atom. The molecule has 50 heavy (non-hydrogen) atoms. The van der Waals surface area contributed by atoms with Gasteiger partial charge in [0.25, 0.3) is 5.91 Å². The molecule has 10 nitrogen and oxygen atoms in total. The van der Waals surface area contributed by atoms with Crippen molar-refractivity contribution in [1.82, 2.24) is 14.0 Å². The fraction of sp³-hybridized carbons (Fsp3) is 0.167. The standard InChI is InChI=1S/C36H34Cl2N4O6S2/c1-26-8-16-33(17-9-26)49(44,45)41(22-28-6-4-3-5-7-28)25-36(43)40-39-21-31-14-15-32(48-31)24-42(23-29-12-13-30(37)20-35(29)38)50(46,47)34-18-10-27(2)11-19-34/h3-21H,22-25H2,1-2H3,(H,40,43)/b39-21-. The smallest absolute Gasteiger partial charge is 0.255 e. The second-order valence-electron chi connectivity index (χ2n) is 11.5. The van der Waals surface area contributed by atoms with Gasteiger partial charge in [0, 0.05) is 23.1 Å². The summed E-state index contributed by atoms with van der Waals surface area (Å²) in [5.74, 6) is -0.141. The highest BCUT2D eigenvalue weighted by atomic mass is 35.5. The van der Waals surface area contributed by atoms with Gasteiger partial charge >= 0.3 is 0 Å². The van der Waals surface area contributed by atoms with Crippen molar-refractivity contribution in [2.75, 3.05) is 6.54 Å². The predicted molar refractivity (Wildman–Crippen MR) is 194 cm³/mol. The topological polar surface area (TPSA) is 129 Å². The van der Waals surface area contributed by atoms with Crippen molar-refractivity contribution in [3.8, 4) is 0 Å². The number of carbonyl (C=O) groups is 1. The van der Waals surface area contributed by atoms with Crippen LogP contribution in [0.25, 0.3) is 0 Å². The van der Waals surface area contributed by atoms with Gasteiger partial charge in [-0.1, -0.05) is 95.0 Å². The zero-order valence-electron chi connectivity index (χ0n) is 27.2. The monoisotopic (exact) mass is 752 g/mol. The summed E-state index contributed by atoms with van der Waals surface area (Å²) < 4.78 is 62.7. The Morgan fingerprint density at radius 1 is 0.740 bits per heavy atom. The van der Waals surface area contributed by atoms with Gasteiger partial charge in [-0.3, -0.25) is 4.79 Å². The van der Waals surface area contributed by atoms with Crippen LogP contribution in [0.1, 0.15) is 33.8 Å². The number of benzene rings is 4. The molecule has 1 aromatic heterocycles. The third-order valence-electron chi connectivity index (χ3n) is 7.60. The molecule has 0 bridgehead atoms. The molecule has 0 spiro atoms. The molecular weight excluding hydrogens is 719 g/mol. The zero-order chi connectivity index (χ0) is 35.9. The van der Waals surface area contributed by atoms with E-state index in [9.17, 15) is 21.6 Å². The van der Waals surface area contributed by atoms with Gasteiger partial charge in [0.05, 0.1) is 29.1 Å². The van der Waals surface area contributed by atoms with Crippen LogP contribution in [0.3, 0.4) is 0 Å². The number of hydrogen-bond donors (Lipinski definition) is 1. The van der Waals surface area contributed by atoms with Crippen LogP contribution in [-0.4, -0.2) is 44.1 Å². The molecule has 0 radical (unpaired) electrons. The number of hydrogen-bond acceptors (Lipinski definition) is 7. The number of hydrazone groups is 1. The summed E-state index contributed by atoms with van der Waals surface area (Å²) in [4.78, 5) is 13.1. The highest BCUT2D eigenvalue weighted by Crippen LogP contribution is 2.27. The van der Waals surface area contributed by atoms with Crippen molar-refractivity contribution in [1.29, 1.82) is 0 Å². The highest BCUT2D eigenvalue weighted by molar-refractivity contribution is 7.89. The quantitative estimate of drug-likeness (QED) is 0.0967. The van der Waals surface area contributed by atoms with E-state index in [0.717, 1.165) is 15.4 Å². The average molecular weight is 754 g/mol. The Balaban J connectivity index is 1.30. The van der Waals surface area contributed by atoms with Crippen LogP contribution in [0.5, 0.6) is 0 Å². The first kappa shape index (κ1) is 37.0. The summed E-state index contributed by atoms with van der Waals surface area (Å²) in [6, 6.07) is 29.9. The lowest BCUT2D eigenvalue weighted by molar-refractivity contribution is -0.121. The molecule has 5 rings (SSSR count). The third kappa shape index (κ3) is 9.48. The van der Waals surface area contributed by atoms with Crippen molar-refractivity contribution >= 4 is 55.4 Å². The summed E-state index contributed by atoms with van der Waals surface area (Å²) in [6.45, 7) is 3.00. The maximum atomic E-state index is 13.8. The van der Waals surface area contributed by atoms with Crippen LogP contribution in [0.4, 0.5) is 0 Å². The van der Waals surface area contributed by atoms with Gasteiger partial charge in [-0.05, 0) is 73.5 Å². The Labute approximate surface area is 302 Å². The Morgan fingerprint density at radius 2 is 1.34 bits per heavy atom. The molecule has 0 aliphatic rings. The van der Waals surface area contributed by atoms with E-state index in [4.69, 9.17) is 27.6 Å². The molecule has 1 heterocycles. The van der Waals surface area contributed by atoms with Gasteiger partial charge in [-0.15, -0.1) is 0 Å². The molecule has 0 unspecified atom stereocenters. The Kier molecular flexibility index (Phi) is 11.9. The lowest BCUT2D eigenvalue weighted by Crippen LogP contribution is -2.39. The van der Waals surface area contributed by atoms with Crippen LogP contribution < -0.4 is 5.43 Å². The van der Waals surface area contributed by atoms with Gasteiger partial charge < -0.3 is 4.42 Å². The largest absolute Gasteiger partial charge is 0.459 e. The molecule has 0 atom stereocenters. The first-order valence-corrected chi connectivity index (χ1v) is 19.0. The number of sulfonamides is 2. The first-order valence-electron chi connectivity index (χ1n) is 15.3. The number of halogens is 2. The molecule has 0 aliphatic carbocycles. The summed E-state index contributed by atoms with van der Waals surface area (Å²) in [5, 5.41) is 4.69. The van der Waals surface area contributed by atoms with Gasteiger partial charge in [-0.25, -0.2) is 22.3 Å². The van der Waals surface area contributed by atoms with E-state index in [-0.39, 0.29) is 35.2 Å². The van der Waals surface area contributed by atoms with Crippen LogP contribution >= 0.6 is 23.2 Å². The summed E-state index contributed by atoms with van der Waals surface area (Å²) in [5.41, 5.74) is 5.43. The molecule has 1 N–H and O–H groups in total. The van der Waals surface area contributed by atoms with Crippen molar-refractivity contribution in [2.45, 2.75) is 43.3 Å². The number of aryl methyl sites for hydroxylation is 2. The molecule has 0 fully saturated rings. The fourth-order valence-electron chi connectivity index (χ4n) is 4.88. The minimum absolute atomic E-state index is 0.0288. The molecule has 1 amide bonds. The van der Waals surface area contributed by atoms with E-state index in [0.29, 0.717) is 26.9 Å². The van der Waals surface area contributed by atoms with Crippen LogP contribution in [0.2, 0.25) is 10.0 Å². The van der Waals surface area contributed by atoms with Crippen molar-refractivity contribution in [3.05, 3.63) is 153 Å². The van der Waals surface area contributed by atoms with Crippen LogP contribution in [0, 0.1) is 13.8 Å². The van der Waals surface area contributed by atoms with Crippen molar-refractivity contribution < 1.29 is 26.0 Å². The lowest BCUT2D eigenvalue weighted by Gasteiger charge is -2.22. The second kappa shape index (κ2) is 16.2. The second-order valence-corrected chi connectivity index (χ2v) is 16.2. The molecule has 0 saturated carbocycles. The minimum atomic E-state index is -4.02. The van der Waals surface area contributed by atoms with E-state index in [1.165, 1.54) is 34.8 Å². The van der Waals surface area contributed by atoms with Gasteiger partial charge in [0.15, 0.2) is 0 Å². The molecule has 0 saturated heterocycles. The highest BCUT2D eigenvalue weighted by Gasteiger charge is 2.28. The van der Waals surface area contributed by atoms with Crippen LogP contribution in [-0.2, 0) is 44.5 Å². The predicted octanol–water partition coefficient (Wildman–Crippen LogP) is 6.94. The van der Waals surface area contributed by atoms with Gasteiger partial charge in [-0.2, -0.15) is 13.7 Å². The molecule has 0 aliphatic heterocycles. The summed E-state index contributed by atoms with van der Waals surface area (Å²) in [7, 11) is -8.02. The molecular formula is C36H34Cl2N4O6S2. The third-order valence-corrected chi connectivity index (χ3v) is 11.8. The number of nitrogens with one attached hydrogen (secondary N) is 1. The number of rotatable bonds is 14. The lowest BCUT2D eigenvalue weighted by atomic mass is 10.2. The number of nitrogens with zero attached hydrogens (tertiary/aromatic N) is 3. The Hall–Kier alpha value is -4.30. The molecule has 260 valence electrons. The van der Waals surface area contributed by atoms with Gasteiger partial charge in [0.1, 0.15) is 11.5 Å². The molecule has 14 heteroatoms. The molecule has 4 aromatic carbocycles. The molecule has 5 aromatic rings. The van der Waals surface area contributed by atoms with E-state index >= 15 is 0 Å². The maximum Gasteiger partial charge on any atom is 0.255 e. The normalized spacial score (nSPS) is 12.2. The SMILES string of the molecule is Cc1ccc(S(=O)(=O)N(CC(=O)N/N=C\c2ccc(CN(Cc3ccc(Cl)cc3Cl)S(=O)(=O)c3ccc(C)cc3)o2)Cc2ccccc2)cc1. The Bertz CT molecular complexity index is 2190. The fourth-order valence-corrected chi connectivity index (χ4v) is 8.12. The zero-order valence-corrected chi connectivity index (χ0v) is 30.3. The van der Waals surface area contributed by atoms with Crippen LogP contribution in [0.15, 0.2) is 129 Å². The summed E-state index contributed by atoms with van der Waals surface area (Å²) in [6.07, 6.45) is 1.24.